The Hall–Kier alpha value is -1.66. The lowest BCUT2D eigenvalue weighted by Gasteiger charge is -2.33. The van der Waals surface area contributed by atoms with Gasteiger partial charge in [0, 0.05) is 38.9 Å². The van der Waals surface area contributed by atoms with Gasteiger partial charge in [0.1, 0.15) is 5.82 Å². The number of pyridine rings is 1. The maximum atomic E-state index is 11.9. The monoisotopic (exact) mass is 290 g/mol. The maximum absolute atomic E-state index is 11.9. The molecule has 0 aromatic carbocycles. The number of piperazine rings is 1. The number of nitrogens with zero attached hydrogens (tertiary/aromatic N) is 3. The molecule has 0 spiro atoms. The number of aromatic nitrogens is 1. The Labute approximate surface area is 126 Å². The third-order valence-electron chi connectivity index (χ3n) is 3.87. The van der Waals surface area contributed by atoms with Crippen LogP contribution in [0.1, 0.15) is 23.7 Å². The molecule has 1 amide bonds. The first-order valence-corrected chi connectivity index (χ1v) is 7.59. The molecule has 0 bridgehead atoms. The first kappa shape index (κ1) is 15.7. The van der Waals surface area contributed by atoms with Gasteiger partial charge in [0.15, 0.2) is 0 Å². The summed E-state index contributed by atoms with van der Waals surface area (Å²) in [5.74, 6) is 0.0658. The summed E-state index contributed by atoms with van der Waals surface area (Å²) in [5, 5.41) is 2.90. The minimum Gasteiger partial charge on any atom is -0.352 e. The van der Waals surface area contributed by atoms with E-state index < -0.39 is 0 Å². The zero-order chi connectivity index (χ0) is 15.1. The molecule has 1 aliphatic heterocycles. The van der Waals surface area contributed by atoms with Crippen LogP contribution in [0.3, 0.4) is 0 Å². The largest absolute Gasteiger partial charge is 0.352 e. The highest BCUT2D eigenvalue weighted by Crippen LogP contribution is 2.03. The Balaban J connectivity index is 1.61. The van der Waals surface area contributed by atoms with Crippen LogP contribution in [-0.2, 0) is 0 Å². The van der Waals surface area contributed by atoms with E-state index in [1.165, 1.54) is 12.3 Å². The summed E-state index contributed by atoms with van der Waals surface area (Å²) in [4.78, 5) is 20.6. The molecule has 0 saturated carbocycles. The van der Waals surface area contributed by atoms with Gasteiger partial charge in [-0.1, -0.05) is 6.92 Å². The smallest absolute Gasteiger partial charge is 0.252 e. The van der Waals surface area contributed by atoms with E-state index in [4.69, 9.17) is 5.73 Å². The van der Waals surface area contributed by atoms with E-state index in [0.717, 1.165) is 45.7 Å². The number of hydrogen-bond acceptors (Lipinski definition) is 4. The zero-order valence-corrected chi connectivity index (χ0v) is 12.6. The quantitative estimate of drug-likeness (QED) is 0.785. The van der Waals surface area contributed by atoms with E-state index in [0.29, 0.717) is 12.1 Å². The van der Waals surface area contributed by atoms with E-state index in [2.05, 4.69) is 27.0 Å². The van der Waals surface area contributed by atoms with Crippen LogP contribution in [0.4, 0.5) is 5.82 Å². The molecular weight excluding hydrogens is 266 g/mol. The average molecular weight is 290 g/mol. The predicted molar refractivity (Wildman–Crippen MR) is 82.5 cm³/mol. The van der Waals surface area contributed by atoms with Gasteiger partial charge in [0.2, 0.25) is 0 Å². The first-order valence-electron chi connectivity index (χ1n) is 7.59. The number of carbonyl (C=O) groups is 1. The highest BCUT2D eigenvalue weighted by Gasteiger charge is 2.14. The fourth-order valence-corrected chi connectivity index (χ4v) is 2.46. The van der Waals surface area contributed by atoms with Gasteiger partial charge >= 0.3 is 0 Å². The van der Waals surface area contributed by atoms with E-state index in [-0.39, 0.29) is 11.7 Å². The Morgan fingerprint density at radius 2 is 2.00 bits per heavy atom. The van der Waals surface area contributed by atoms with Gasteiger partial charge in [-0.25, -0.2) is 4.98 Å². The van der Waals surface area contributed by atoms with Crippen LogP contribution in [0.25, 0.3) is 0 Å². The van der Waals surface area contributed by atoms with Gasteiger partial charge < -0.3 is 15.1 Å². The summed E-state index contributed by atoms with van der Waals surface area (Å²) in [6, 6.07) is 3.16. The van der Waals surface area contributed by atoms with Crippen LogP contribution in [-0.4, -0.2) is 66.5 Å². The lowest BCUT2D eigenvalue weighted by atomic mass is 10.2. The average Bonchev–Trinajstić information content (AvgIpc) is 2.52. The molecule has 1 aliphatic rings. The van der Waals surface area contributed by atoms with Crippen molar-refractivity contribution in [3.8, 4) is 0 Å². The van der Waals surface area contributed by atoms with Crippen LogP contribution in [0.5, 0.6) is 0 Å². The lowest BCUT2D eigenvalue weighted by molar-refractivity contribution is 0.0948. The highest BCUT2D eigenvalue weighted by molar-refractivity contribution is 5.93. The fourth-order valence-electron chi connectivity index (χ4n) is 2.46. The zero-order valence-electron chi connectivity index (χ0n) is 12.6. The van der Waals surface area contributed by atoms with E-state index in [1.807, 2.05) is 0 Å². The van der Waals surface area contributed by atoms with Gasteiger partial charge in [-0.05, 0) is 31.6 Å². The molecule has 2 N–H and O–H groups in total. The number of rotatable bonds is 6. The summed E-state index contributed by atoms with van der Waals surface area (Å²) in [6.07, 6.45) is 2.41. The molecule has 1 aromatic heterocycles. The Morgan fingerprint density at radius 1 is 1.29 bits per heavy atom. The Morgan fingerprint density at radius 3 is 2.62 bits per heavy atom. The number of likely N-dealkylation sites (N-methyl/N-ethyl adjacent to an activating group) is 1. The second-order valence-corrected chi connectivity index (χ2v) is 5.32. The van der Waals surface area contributed by atoms with Crippen molar-refractivity contribution >= 4 is 11.7 Å². The number of amides is 1. The standard InChI is InChI=1S/C15H24N5O/c1-2-19-8-10-20(11-9-19)7-3-6-17-15(21)13-4-5-14(16)18-12-13/h4-5,12,16H,2-3,6-11H2,1H3,(H,17,21). The molecule has 2 heterocycles. The van der Waals surface area contributed by atoms with E-state index >= 15 is 0 Å². The second kappa shape index (κ2) is 7.95. The Kier molecular flexibility index (Phi) is 5.95. The molecule has 1 aromatic rings. The molecule has 0 atom stereocenters. The van der Waals surface area contributed by atoms with Gasteiger partial charge in [-0.3, -0.25) is 10.5 Å². The molecule has 6 heteroatoms. The minimum absolute atomic E-state index is 0.113. The van der Waals surface area contributed by atoms with Crippen molar-refractivity contribution < 1.29 is 4.79 Å². The molecule has 1 radical (unpaired) electrons. The van der Waals surface area contributed by atoms with Crippen molar-refractivity contribution in [1.29, 1.82) is 0 Å². The predicted octanol–water partition coefficient (Wildman–Crippen LogP) is 0.753. The van der Waals surface area contributed by atoms with Crippen molar-refractivity contribution in [2.24, 2.45) is 0 Å². The van der Waals surface area contributed by atoms with Crippen LogP contribution in [0.15, 0.2) is 18.3 Å². The summed E-state index contributed by atoms with van der Waals surface area (Å²) in [6.45, 7) is 9.58. The van der Waals surface area contributed by atoms with Crippen LogP contribution in [0.2, 0.25) is 0 Å². The molecular formula is C15H24N5O. The molecule has 0 aliphatic carbocycles. The minimum atomic E-state index is -0.113. The van der Waals surface area contributed by atoms with Crippen molar-refractivity contribution in [3.05, 3.63) is 23.9 Å². The lowest BCUT2D eigenvalue weighted by Crippen LogP contribution is -2.46. The van der Waals surface area contributed by atoms with E-state index in [1.54, 1.807) is 6.07 Å². The van der Waals surface area contributed by atoms with Crippen molar-refractivity contribution in [2.75, 3.05) is 45.8 Å². The molecule has 115 valence electrons. The third kappa shape index (κ3) is 4.99. The number of nitrogens with one attached hydrogen (secondary N) is 2. The topological polar surface area (TPSA) is 72.3 Å². The van der Waals surface area contributed by atoms with Gasteiger partial charge in [-0.15, -0.1) is 0 Å². The molecule has 2 rings (SSSR count). The van der Waals surface area contributed by atoms with Crippen LogP contribution < -0.4 is 11.1 Å². The Bertz CT molecular complexity index is 440. The number of carbonyl (C=O) groups excluding carboxylic acids is 1. The maximum Gasteiger partial charge on any atom is 0.252 e. The fraction of sp³-hybridized carbons (Fsp3) is 0.600. The third-order valence-corrected chi connectivity index (χ3v) is 3.87. The van der Waals surface area contributed by atoms with E-state index in [9.17, 15) is 4.79 Å². The normalized spacial score (nSPS) is 16.8. The van der Waals surface area contributed by atoms with Crippen LogP contribution in [0, 0.1) is 0 Å². The van der Waals surface area contributed by atoms with Gasteiger partial charge in [-0.2, -0.15) is 0 Å². The molecule has 6 nitrogen and oxygen atoms in total. The van der Waals surface area contributed by atoms with Gasteiger partial charge in [0.05, 0.1) is 5.56 Å². The molecule has 0 unspecified atom stereocenters. The second-order valence-electron chi connectivity index (χ2n) is 5.32. The van der Waals surface area contributed by atoms with Gasteiger partial charge in [0.25, 0.3) is 5.91 Å². The summed E-state index contributed by atoms with van der Waals surface area (Å²) >= 11 is 0. The molecule has 21 heavy (non-hydrogen) atoms. The van der Waals surface area contributed by atoms with Crippen molar-refractivity contribution in [1.82, 2.24) is 25.8 Å². The van der Waals surface area contributed by atoms with Crippen LogP contribution >= 0.6 is 0 Å². The molecule has 1 saturated heterocycles. The van der Waals surface area contributed by atoms with Crippen molar-refractivity contribution in [2.45, 2.75) is 13.3 Å². The summed E-state index contributed by atoms with van der Waals surface area (Å²) in [7, 11) is 0. The molecule has 1 fully saturated rings. The van der Waals surface area contributed by atoms with Crippen molar-refractivity contribution in [3.63, 3.8) is 0 Å². The SMILES string of the molecule is CCN1CCN(CCCNC(=O)c2ccc([NH])nc2)CC1. The first-order chi connectivity index (χ1) is 10.2. The summed E-state index contributed by atoms with van der Waals surface area (Å²) < 4.78 is 0. The summed E-state index contributed by atoms with van der Waals surface area (Å²) in [5.41, 5.74) is 7.81. The number of hydrogen-bond donors (Lipinski definition) is 1. The highest BCUT2D eigenvalue weighted by atomic mass is 16.1.